The maximum absolute atomic E-state index is 3.60. The maximum Gasteiger partial charge on any atom is 0.0453 e. The van der Waals surface area contributed by atoms with E-state index in [1.54, 1.807) is 0 Å². The molecule has 1 aliphatic rings. The molecule has 0 unspecified atom stereocenters. The standard InChI is InChI=1S/C18H22N2/c1-14-6-5-8-17(12-14)20(2)18-9-4-3-7-15(18)13-19-16-10-11-16/h3-9,12,16,19H,10-11,13H2,1-2H3. The first-order valence-corrected chi connectivity index (χ1v) is 7.36. The van der Waals surface area contributed by atoms with Gasteiger partial charge < -0.3 is 10.2 Å². The van der Waals surface area contributed by atoms with Gasteiger partial charge in [0, 0.05) is 31.0 Å². The molecule has 0 saturated heterocycles. The lowest BCUT2D eigenvalue weighted by Crippen LogP contribution is -2.18. The van der Waals surface area contributed by atoms with E-state index in [0.29, 0.717) is 0 Å². The molecule has 0 aliphatic heterocycles. The molecule has 0 amide bonds. The smallest absolute Gasteiger partial charge is 0.0453 e. The fraction of sp³-hybridized carbons (Fsp3) is 0.333. The van der Waals surface area contributed by atoms with E-state index in [4.69, 9.17) is 0 Å². The molecule has 0 heterocycles. The second kappa shape index (κ2) is 5.68. The Kier molecular flexibility index (Phi) is 3.75. The van der Waals surface area contributed by atoms with Crippen LogP contribution in [-0.2, 0) is 6.54 Å². The molecule has 0 radical (unpaired) electrons. The molecule has 0 spiro atoms. The Bertz CT molecular complexity index is 587. The lowest BCUT2D eigenvalue weighted by atomic mass is 10.1. The van der Waals surface area contributed by atoms with Crippen molar-refractivity contribution in [2.24, 2.45) is 0 Å². The minimum atomic E-state index is 0.743. The highest BCUT2D eigenvalue weighted by Gasteiger charge is 2.20. The number of hydrogen-bond acceptors (Lipinski definition) is 2. The van der Waals surface area contributed by atoms with Crippen LogP contribution >= 0.6 is 0 Å². The second-order valence-electron chi connectivity index (χ2n) is 5.68. The zero-order valence-electron chi connectivity index (χ0n) is 12.3. The first kappa shape index (κ1) is 13.2. The van der Waals surface area contributed by atoms with Gasteiger partial charge in [-0.3, -0.25) is 0 Å². The molecule has 3 rings (SSSR count). The summed E-state index contributed by atoms with van der Waals surface area (Å²) in [5.41, 5.74) is 5.18. The molecule has 0 atom stereocenters. The Labute approximate surface area is 121 Å². The molecule has 0 bridgehead atoms. The van der Waals surface area contributed by atoms with Gasteiger partial charge in [-0.2, -0.15) is 0 Å². The number of anilines is 2. The molecule has 2 nitrogen and oxygen atoms in total. The Morgan fingerprint density at radius 3 is 2.65 bits per heavy atom. The summed E-state index contributed by atoms with van der Waals surface area (Å²) in [4.78, 5) is 2.27. The van der Waals surface area contributed by atoms with E-state index in [-0.39, 0.29) is 0 Å². The summed E-state index contributed by atoms with van der Waals surface area (Å²) in [5, 5.41) is 3.60. The van der Waals surface area contributed by atoms with Crippen molar-refractivity contribution in [2.45, 2.75) is 32.4 Å². The van der Waals surface area contributed by atoms with Gasteiger partial charge in [0.05, 0.1) is 0 Å². The van der Waals surface area contributed by atoms with Gasteiger partial charge in [0.2, 0.25) is 0 Å². The van der Waals surface area contributed by atoms with Crippen molar-refractivity contribution < 1.29 is 0 Å². The summed E-state index contributed by atoms with van der Waals surface area (Å²) in [7, 11) is 2.14. The second-order valence-corrected chi connectivity index (χ2v) is 5.68. The summed E-state index contributed by atoms with van der Waals surface area (Å²) in [6.07, 6.45) is 2.66. The quantitative estimate of drug-likeness (QED) is 0.879. The summed E-state index contributed by atoms with van der Waals surface area (Å²) in [5.74, 6) is 0. The van der Waals surface area contributed by atoms with Crippen LogP contribution in [0.4, 0.5) is 11.4 Å². The number of nitrogens with one attached hydrogen (secondary N) is 1. The van der Waals surface area contributed by atoms with Crippen LogP contribution < -0.4 is 10.2 Å². The van der Waals surface area contributed by atoms with E-state index >= 15 is 0 Å². The highest BCUT2D eigenvalue weighted by molar-refractivity contribution is 5.66. The minimum absolute atomic E-state index is 0.743. The monoisotopic (exact) mass is 266 g/mol. The zero-order valence-corrected chi connectivity index (χ0v) is 12.3. The zero-order chi connectivity index (χ0) is 13.9. The van der Waals surface area contributed by atoms with E-state index in [9.17, 15) is 0 Å². The molecular weight excluding hydrogens is 244 g/mol. The summed E-state index contributed by atoms with van der Waals surface area (Å²) < 4.78 is 0. The Morgan fingerprint density at radius 2 is 1.90 bits per heavy atom. The molecule has 1 saturated carbocycles. The number of nitrogens with zero attached hydrogens (tertiary/aromatic N) is 1. The molecule has 0 aromatic heterocycles. The number of para-hydroxylation sites is 1. The van der Waals surface area contributed by atoms with Gasteiger partial charge in [-0.05, 0) is 49.1 Å². The predicted octanol–water partition coefficient (Wildman–Crippen LogP) is 4.01. The van der Waals surface area contributed by atoms with Crippen molar-refractivity contribution in [3.63, 3.8) is 0 Å². The van der Waals surface area contributed by atoms with Crippen LogP contribution in [0.15, 0.2) is 48.5 Å². The van der Waals surface area contributed by atoms with Crippen LogP contribution in [-0.4, -0.2) is 13.1 Å². The summed E-state index contributed by atoms with van der Waals surface area (Å²) >= 11 is 0. The van der Waals surface area contributed by atoms with E-state index in [1.165, 1.54) is 35.3 Å². The highest BCUT2D eigenvalue weighted by Crippen LogP contribution is 2.28. The number of hydrogen-bond donors (Lipinski definition) is 1. The SMILES string of the molecule is Cc1cccc(N(C)c2ccccc2CNC2CC2)c1. The molecule has 2 aromatic carbocycles. The van der Waals surface area contributed by atoms with E-state index in [1.807, 2.05) is 0 Å². The van der Waals surface area contributed by atoms with Gasteiger partial charge in [0.25, 0.3) is 0 Å². The topological polar surface area (TPSA) is 15.3 Å². The molecule has 1 fully saturated rings. The van der Waals surface area contributed by atoms with Crippen molar-refractivity contribution in [2.75, 3.05) is 11.9 Å². The lowest BCUT2D eigenvalue weighted by Gasteiger charge is -2.23. The van der Waals surface area contributed by atoms with E-state index < -0.39 is 0 Å². The largest absolute Gasteiger partial charge is 0.344 e. The fourth-order valence-corrected chi connectivity index (χ4v) is 2.50. The normalized spacial score (nSPS) is 14.3. The van der Waals surface area contributed by atoms with Crippen LogP contribution in [0, 0.1) is 6.92 Å². The van der Waals surface area contributed by atoms with Crippen molar-refractivity contribution in [3.8, 4) is 0 Å². The van der Waals surface area contributed by atoms with Gasteiger partial charge in [-0.1, -0.05) is 30.3 Å². The molecule has 20 heavy (non-hydrogen) atoms. The summed E-state index contributed by atoms with van der Waals surface area (Å²) in [6.45, 7) is 3.09. The Morgan fingerprint density at radius 1 is 1.10 bits per heavy atom. The Hall–Kier alpha value is -1.80. The van der Waals surface area contributed by atoms with Crippen LogP contribution in [0.5, 0.6) is 0 Å². The first-order valence-electron chi connectivity index (χ1n) is 7.36. The highest BCUT2D eigenvalue weighted by atomic mass is 15.1. The number of rotatable bonds is 5. The van der Waals surface area contributed by atoms with Crippen LogP contribution in [0.3, 0.4) is 0 Å². The van der Waals surface area contributed by atoms with E-state index in [2.05, 4.69) is 72.7 Å². The van der Waals surface area contributed by atoms with Gasteiger partial charge >= 0.3 is 0 Å². The maximum atomic E-state index is 3.60. The minimum Gasteiger partial charge on any atom is -0.344 e. The van der Waals surface area contributed by atoms with Crippen molar-refractivity contribution >= 4 is 11.4 Å². The van der Waals surface area contributed by atoms with Crippen molar-refractivity contribution in [3.05, 3.63) is 59.7 Å². The van der Waals surface area contributed by atoms with Gasteiger partial charge in [0.15, 0.2) is 0 Å². The molecule has 2 heteroatoms. The molecule has 2 aromatic rings. The first-order chi connectivity index (χ1) is 9.74. The predicted molar refractivity (Wildman–Crippen MR) is 85.5 cm³/mol. The van der Waals surface area contributed by atoms with Crippen LogP contribution in [0.1, 0.15) is 24.0 Å². The molecule has 1 aliphatic carbocycles. The van der Waals surface area contributed by atoms with E-state index in [0.717, 1.165) is 12.6 Å². The molecule has 104 valence electrons. The number of aryl methyl sites for hydroxylation is 1. The lowest BCUT2D eigenvalue weighted by molar-refractivity contribution is 0.687. The van der Waals surface area contributed by atoms with Gasteiger partial charge in [-0.15, -0.1) is 0 Å². The van der Waals surface area contributed by atoms with Gasteiger partial charge in [0.1, 0.15) is 0 Å². The third kappa shape index (κ3) is 3.02. The average molecular weight is 266 g/mol. The Balaban J connectivity index is 1.84. The third-order valence-corrected chi connectivity index (χ3v) is 3.90. The third-order valence-electron chi connectivity index (χ3n) is 3.90. The molecule has 1 N–H and O–H groups in total. The van der Waals surface area contributed by atoms with Crippen LogP contribution in [0.25, 0.3) is 0 Å². The number of benzene rings is 2. The van der Waals surface area contributed by atoms with Crippen LogP contribution in [0.2, 0.25) is 0 Å². The summed E-state index contributed by atoms with van der Waals surface area (Å²) in [6, 6.07) is 18.0. The van der Waals surface area contributed by atoms with Crippen molar-refractivity contribution in [1.29, 1.82) is 0 Å². The average Bonchev–Trinajstić information content (AvgIpc) is 3.29. The van der Waals surface area contributed by atoms with Crippen molar-refractivity contribution in [1.82, 2.24) is 5.32 Å². The fourth-order valence-electron chi connectivity index (χ4n) is 2.50. The molecular formula is C18H22N2. The van der Waals surface area contributed by atoms with Gasteiger partial charge in [-0.25, -0.2) is 0 Å².